The summed E-state index contributed by atoms with van der Waals surface area (Å²) in [5.41, 5.74) is 0.398. The van der Waals surface area contributed by atoms with Crippen molar-refractivity contribution in [3.63, 3.8) is 0 Å². The fourth-order valence-electron chi connectivity index (χ4n) is 5.26. The van der Waals surface area contributed by atoms with E-state index in [1.807, 2.05) is 18.2 Å². The van der Waals surface area contributed by atoms with Crippen LogP contribution >= 0.6 is 0 Å². The number of amides is 2. The zero-order chi connectivity index (χ0) is 26.3. The Morgan fingerprint density at radius 1 is 1.11 bits per heavy atom. The Bertz CT molecular complexity index is 1340. The van der Waals surface area contributed by atoms with E-state index in [1.165, 1.54) is 25.1 Å². The molecule has 38 heavy (non-hydrogen) atoms. The van der Waals surface area contributed by atoms with Crippen LogP contribution in [-0.2, 0) is 10.3 Å². The standard InChI is InChI=1S/C28H29F2N5O3/c29-18-6-7-19(21(30)13-18)23-14-32-27(38-23)26(37)33-22-8-12-35(15-17-4-5-17)16-20(22)25(36)34-28(9-10-28)24-3-1-2-11-31-24/h1-3,6-7,11,13-14,17,20,22H,4-5,8-10,12,15-16H2,(H,33,37)(H,34,36)/t20-,22-/m1/s1. The van der Waals surface area contributed by atoms with Crippen molar-refractivity contribution >= 4 is 11.8 Å². The molecule has 10 heteroatoms. The van der Waals surface area contributed by atoms with Crippen LogP contribution in [0.2, 0.25) is 0 Å². The average molecular weight is 522 g/mol. The highest BCUT2D eigenvalue weighted by atomic mass is 19.1. The molecule has 1 saturated heterocycles. The molecule has 6 rings (SSSR count). The number of hydrogen-bond acceptors (Lipinski definition) is 6. The van der Waals surface area contributed by atoms with Crippen molar-refractivity contribution in [3.05, 3.63) is 72.0 Å². The second kappa shape index (κ2) is 9.90. The van der Waals surface area contributed by atoms with Crippen LogP contribution in [0.3, 0.4) is 0 Å². The summed E-state index contributed by atoms with van der Waals surface area (Å²) >= 11 is 0. The summed E-state index contributed by atoms with van der Waals surface area (Å²) in [5.74, 6) is -2.21. The Morgan fingerprint density at radius 2 is 1.95 bits per heavy atom. The lowest BCUT2D eigenvalue weighted by Crippen LogP contribution is -2.57. The number of pyridine rings is 1. The van der Waals surface area contributed by atoms with E-state index in [1.54, 1.807) is 6.20 Å². The minimum absolute atomic E-state index is 0.00726. The SMILES string of the molecule is O=C(N[C@@H]1CCN(CC2CC2)C[C@H]1C(=O)NC1(c2ccccn2)CC1)c1ncc(-c2ccc(F)cc2F)o1. The van der Waals surface area contributed by atoms with Crippen LogP contribution in [0.25, 0.3) is 11.3 Å². The lowest BCUT2D eigenvalue weighted by Gasteiger charge is -2.38. The number of hydrogen-bond donors (Lipinski definition) is 2. The maximum atomic E-state index is 14.2. The fourth-order valence-corrected chi connectivity index (χ4v) is 5.26. The number of aromatic nitrogens is 2. The average Bonchev–Trinajstić information content (AvgIpc) is 3.84. The highest BCUT2D eigenvalue weighted by Gasteiger charge is 2.49. The third kappa shape index (κ3) is 5.18. The zero-order valence-corrected chi connectivity index (χ0v) is 20.8. The summed E-state index contributed by atoms with van der Waals surface area (Å²) in [6, 6.07) is 8.36. The Morgan fingerprint density at radius 3 is 2.66 bits per heavy atom. The van der Waals surface area contributed by atoms with Crippen LogP contribution in [0.15, 0.2) is 53.2 Å². The van der Waals surface area contributed by atoms with E-state index in [9.17, 15) is 18.4 Å². The molecule has 0 unspecified atom stereocenters. The third-order valence-electron chi connectivity index (χ3n) is 7.73. The van der Waals surface area contributed by atoms with Gasteiger partial charge in [-0.1, -0.05) is 6.07 Å². The van der Waals surface area contributed by atoms with Crippen LogP contribution in [0.5, 0.6) is 0 Å². The molecule has 2 amide bonds. The van der Waals surface area contributed by atoms with Crippen molar-refractivity contribution in [3.8, 4) is 11.3 Å². The highest BCUT2D eigenvalue weighted by molar-refractivity contribution is 5.91. The minimum Gasteiger partial charge on any atom is -0.432 e. The lowest BCUT2D eigenvalue weighted by molar-refractivity contribution is -0.128. The second-order valence-corrected chi connectivity index (χ2v) is 10.6. The molecule has 0 radical (unpaired) electrons. The van der Waals surface area contributed by atoms with Crippen molar-refractivity contribution in [2.45, 2.75) is 43.7 Å². The van der Waals surface area contributed by atoms with Crippen LogP contribution in [-0.4, -0.2) is 52.4 Å². The first kappa shape index (κ1) is 24.7. The van der Waals surface area contributed by atoms with E-state index in [-0.39, 0.29) is 23.1 Å². The first-order valence-electron chi connectivity index (χ1n) is 13.1. The van der Waals surface area contributed by atoms with Gasteiger partial charge in [0, 0.05) is 37.9 Å². The zero-order valence-electron chi connectivity index (χ0n) is 20.8. The Kier molecular flexibility index (Phi) is 6.43. The Hall–Kier alpha value is -3.66. The molecule has 198 valence electrons. The molecule has 3 heterocycles. The van der Waals surface area contributed by atoms with Gasteiger partial charge in [0.15, 0.2) is 5.76 Å². The predicted octanol–water partition coefficient (Wildman–Crippen LogP) is 3.65. The van der Waals surface area contributed by atoms with Crippen molar-refractivity contribution in [1.29, 1.82) is 0 Å². The van der Waals surface area contributed by atoms with Gasteiger partial charge in [-0.2, -0.15) is 0 Å². The number of nitrogens with one attached hydrogen (secondary N) is 2. The molecule has 3 fully saturated rings. The molecule has 2 atom stereocenters. The number of nitrogens with zero attached hydrogens (tertiary/aromatic N) is 3. The van der Waals surface area contributed by atoms with E-state index in [0.29, 0.717) is 18.9 Å². The van der Waals surface area contributed by atoms with Gasteiger partial charge in [0.2, 0.25) is 5.91 Å². The summed E-state index contributed by atoms with van der Waals surface area (Å²) < 4.78 is 33.0. The van der Waals surface area contributed by atoms with Gasteiger partial charge in [-0.25, -0.2) is 13.8 Å². The van der Waals surface area contributed by atoms with Crippen LogP contribution in [0.4, 0.5) is 8.78 Å². The van der Waals surface area contributed by atoms with Crippen LogP contribution < -0.4 is 10.6 Å². The second-order valence-electron chi connectivity index (χ2n) is 10.6. The van der Waals surface area contributed by atoms with Crippen molar-refractivity contribution < 1.29 is 22.8 Å². The maximum absolute atomic E-state index is 14.2. The summed E-state index contributed by atoms with van der Waals surface area (Å²) in [7, 11) is 0. The summed E-state index contributed by atoms with van der Waals surface area (Å²) in [6.45, 7) is 2.28. The van der Waals surface area contributed by atoms with Gasteiger partial charge in [-0.05, 0) is 62.3 Å². The molecule has 1 aliphatic heterocycles. The van der Waals surface area contributed by atoms with Gasteiger partial charge in [0.05, 0.1) is 28.9 Å². The molecule has 0 bridgehead atoms. The topological polar surface area (TPSA) is 100 Å². The molecule has 2 aliphatic carbocycles. The predicted molar refractivity (Wildman–Crippen MR) is 134 cm³/mol. The number of carbonyl (C=O) groups is 2. The van der Waals surface area contributed by atoms with Crippen LogP contribution in [0, 0.1) is 23.5 Å². The van der Waals surface area contributed by atoms with Gasteiger partial charge in [0.1, 0.15) is 11.6 Å². The van der Waals surface area contributed by atoms with Crippen molar-refractivity contribution in [2.75, 3.05) is 19.6 Å². The first-order chi connectivity index (χ1) is 18.4. The maximum Gasteiger partial charge on any atom is 0.307 e. The molecule has 2 N–H and O–H groups in total. The lowest BCUT2D eigenvalue weighted by atomic mass is 9.90. The van der Waals surface area contributed by atoms with Crippen molar-refractivity contribution in [2.24, 2.45) is 11.8 Å². The normalized spacial score (nSPS) is 22.6. The molecule has 1 aromatic carbocycles. The monoisotopic (exact) mass is 521 g/mol. The molecule has 0 spiro atoms. The summed E-state index contributed by atoms with van der Waals surface area (Å²) in [6.07, 6.45) is 7.65. The number of benzene rings is 1. The first-order valence-corrected chi connectivity index (χ1v) is 13.1. The Labute approximate surface area is 218 Å². The van der Waals surface area contributed by atoms with Crippen molar-refractivity contribution in [1.82, 2.24) is 25.5 Å². The smallest absolute Gasteiger partial charge is 0.307 e. The largest absolute Gasteiger partial charge is 0.432 e. The van der Waals surface area contributed by atoms with E-state index >= 15 is 0 Å². The Balaban J connectivity index is 1.17. The van der Waals surface area contributed by atoms with E-state index in [4.69, 9.17) is 4.42 Å². The minimum atomic E-state index is -0.810. The molecule has 8 nitrogen and oxygen atoms in total. The van der Waals surface area contributed by atoms with Gasteiger partial charge in [-0.3, -0.25) is 14.6 Å². The van der Waals surface area contributed by atoms with Crippen LogP contribution in [0.1, 0.15) is 48.5 Å². The number of likely N-dealkylation sites (tertiary alicyclic amines) is 1. The van der Waals surface area contributed by atoms with E-state index in [2.05, 4.69) is 25.5 Å². The summed E-state index contributed by atoms with van der Waals surface area (Å²) in [4.78, 5) is 37.5. The fraction of sp³-hybridized carbons (Fsp3) is 0.429. The van der Waals surface area contributed by atoms with E-state index < -0.39 is 35.0 Å². The molecule has 2 aromatic heterocycles. The molecular weight excluding hydrogens is 492 g/mol. The number of halogens is 2. The summed E-state index contributed by atoms with van der Waals surface area (Å²) in [5, 5.41) is 6.17. The highest BCUT2D eigenvalue weighted by Crippen LogP contribution is 2.45. The van der Waals surface area contributed by atoms with Gasteiger partial charge in [-0.15, -0.1) is 0 Å². The number of rotatable bonds is 8. The molecule has 2 saturated carbocycles. The van der Waals surface area contributed by atoms with Gasteiger partial charge in [0.25, 0.3) is 5.89 Å². The number of carbonyl (C=O) groups excluding carboxylic acids is 2. The molecule has 3 aromatic rings. The number of piperidine rings is 1. The molecular formula is C28H29F2N5O3. The third-order valence-corrected chi connectivity index (χ3v) is 7.73. The van der Waals surface area contributed by atoms with Gasteiger partial charge >= 0.3 is 5.91 Å². The molecule has 3 aliphatic rings. The quantitative estimate of drug-likeness (QED) is 0.470. The van der Waals surface area contributed by atoms with Gasteiger partial charge < -0.3 is 20.0 Å². The van der Waals surface area contributed by atoms with E-state index in [0.717, 1.165) is 43.8 Å². The number of oxazole rings is 1.